The topological polar surface area (TPSA) is 68.0 Å². The number of carbonyl (C=O) groups is 1. The molecule has 0 spiro atoms. The van der Waals surface area contributed by atoms with Gasteiger partial charge in [-0.3, -0.25) is 4.79 Å². The summed E-state index contributed by atoms with van der Waals surface area (Å²) in [5.74, 6) is 1.45. The Morgan fingerprint density at radius 3 is 2.41 bits per heavy atom. The second kappa shape index (κ2) is 3.98. The van der Waals surface area contributed by atoms with Crippen molar-refractivity contribution in [3.8, 4) is 0 Å². The highest BCUT2D eigenvalue weighted by atomic mass is 32.1. The summed E-state index contributed by atoms with van der Waals surface area (Å²) in [6.07, 6.45) is 5.08. The number of hydrogen-bond donors (Lipinski definition) is 2. The van der Waals surface area contributed by atoms with E-state index in [0.29, 0.717) is 16.1 Å². The van der Waals surface area contributed by atoms with Crippen molar-refractivity contribution < 1.29 is 4.79 Å². The Balaban J connectivity index is 1.71. The number of hydrogen-bond acceptors (Lipinski definition) is 4. The summed E-state index contributed by atoms with van der Waals surface area (Å²) in [5, 5.41) is 3.66. The number of nitrogens with two attached hydrogens (primary N) is 1. The highest BCUT2D eigenvalue weighted by molar-refractivity contribution is 7.17. The number of rotatable bonds is 4. The minimum absolute atomic E-state index is 0.0144. The molecule has 2 aliphatic carbocycles. The largest absolute Gasteiger partial charge is 0.375 e. The van der Waals surface area contributed by atoms with Crippen molar-refractivity contribution in [3.63, 3.8) is 0 Å². The fourth-order valence-electron chi connectivity index (χ4n) is 2.38. The molecular formula is C12H17N3OS. The Kier molecular flexibility index (Phi) is 2.58. The third-order valence-electron chi connectivity index (χ3n) is 3.58. The number of nitrogens with zero attached hydrogens (tertiary/aromatic N) is 1. The maximum Gasteiger partial charge on any atom is 0.263 e. The summed E-state index contributed by atoms with van der Waals surface area (Å²) >= 11 is 1.28. The highest BCUT2D eigenvalue weighted by Gasteiger charge is 2.42. The van der Waals surface area contributed by atoms with Gasteiger partial charge in [-0.25, -0.2) is 4.98 Å². The van der Waals surface area contributed by atoms with Crippen LogP contribution < -0.4 is 11.1 Å². The van der Waals surface area contributed by atoms with Gasteiger partial charge in [0.05, 0.1) is 5.69 Å². The summed E-state index contributed by atoms with van der Waals surface area (Å²) in [4.78, 5) is 16.9. The van der Waals surface area contributed by atoms with Crippen molar-refractivity contribution >= 4 is 22.4 Å². The molecule has 1 amide bonds. The number of nitrogen functional groups attached to an aromatic ring is 1. The van der Waals surface area contributed by atoms with Crippen LogP contribution in [0.25, 0.3) is 0 Å². The van der Waals surface area contributed by atoms with Crippen LogP contribution in [0, 0.1) is 18.8 Å². The van der Waals surface area contributed by atoms with Gasteiger partial charge in [0.1, 0.15) is 4.88 Å². The van der Waals surface area contributed by atoms with Crippen LogP contribution in [0.3, 0.4) is 0 Å². The number of aromatic nitrogens is 1. The van der Waals surface area contributed by atoms with E-state index in [4.69, 9.17) is 5.73 Å². The molecule has 0 unspecified atom stereocenters. The van der Waals surface area contributed by atoms with Crippen LogP contribution in [-0.4, -0.2) is 16.9 Å². The van der Waals surface area contributed by atoms with E-state index in [-0.39, 0.29) is 5.91 Å². The molecule has 0 bridgehead atoms. The first-order valence-electron chi connectivity index (χ1n) is 6.19. The third-order valence-corrected chi connectivity index (χ3v) is 4.56. The summed E-state index contributed by atoms with van der Waals surface area (Å²) in [6, 6.07) is 0.394. The number of aryl methyl sites for hydroxylation is 1. The van der Waals surface area contributed by atoms with Gasteiger partial charge in [-0.1, -0.05) is 11.3 Å². The third kappa shape index (κ3) is 2.29. The van der Waals surface area contributed by atoms with Gasteiger partial charge >= 0.3 is 0 Å². The molecule has 3 rings (SSSR count). The predicted molar refractivity (Wildman–Crippen MR) is 68.0 cm³/mol. The molecule has 5 heteroatoms. The molecule has 3 N–H and O–H groups in total. The summed E-state index contributed by atoms with van der Waals surface area (Å²) < 4.78 is 0. The molecule has 2 saturated carbocycles. The first kappa shape index (κ1) is 11.0. The van der Waals surface area contributed by atoms with Crippen LogP contribution in [0.5, 0.6) is 0 Å². The maximum absolute atomic E-state index is 12.2. The Bertz CT molecular complexity index is 437. The monoisotopic (exact) mass is 251 g/mol. The van der Waals surface area contributed by atoms with Crippen LogP contribution in [0.4, 0.5) is 5.13 Å². The van der Waals surface area contributed by atoms with Gasteiger partial charge in [0, 0.05) is 6.04 Å². The standard InChI is InChI=1S/C12H17N3OS/c1-6-10(17-12(13)14-6)11(16)15-9(7-2-3-7)8-4-5-8/h7-9H,2-5H2,1H3,(H2,13,14)(H,15,16). The van der Waals surface area contributed by atoms with Gasteiger partial charge in [-0.15, -0.1) is 0 Å². The van der Waals surface area contributed by atoms with Gasteiger partial charge in [0.25, 0.3) is 5.91 Å². The van der Waals surface area contributed by atoms with E-state index < -0.39 is 0 Å². The van der Waals surface area contributed by atoms with E-state index in [9.17, 15) is 4.79 Å². The molecule has 0 aromatic carbocycles. The van der Waals surface area contributed by atoms with E-state index >= 15 is 0 Å². The molecule has 4 nitrogen and oxygen atoms in total. The summed E-state index contributed by atoms with van der Waals surface area (Å²) in [6.45, 7) is 1.84. The van der Waals surface area contributed by atoms with Gasteiger partial charge in [-0.2, -0.15) is 0 Å². The first-order valence-corrected chi connectivity index (χ1v) is 7.00. The highest BCUT2D eigenvalue weighted by Crippen LogP contribution is 2.44. The van der Waals surface area contributed by atoms with Crippen LogP contribution >= 0.6 is 11.3 Å². The smallest absolute Gasteiger partial charge is 0.263 e. The number of amides is 1. The number of carbonyl (C=O) groups excluding carboxylic acids is 1. The zero-order valence-corrected chi connectivity index (χ0v) is 10.7. The predicted octanol–water partition coefficient (Wildman–Crippen LogP) is 1.95. The molecule has 1 aromatic heterocycles. The summed E-state index contributed by atoms with van der Waals surface area (Å²) in [7, 11) is 0. The fourth-order valence-corrected chi connectivity index (χ4v) is 3.11. The molecule has 0 aliphatic heterocycles. The molecule has 1 aromatic rings. The second-order valence-corrected chi connectivity index (χ2v) is 6.17. The van der Waals surface area contributed by atoms with Crippen molar-refractivity contribution in [2.45, 2.75) is 38.6 Å². The van der Waals surface area contributed by atoms with E-state index in [0.717, 1.165) is 17.5 Å². The average molecular weight is 251 g/mol. The van der Waals surface area contributed by atoms with Crippen LogP contribution in [0.2, 0.25) is 0 Å². The lowest BCUT2D eigenvalue weighted by Crippen LogP contribution is -2.38. The van der Waals surface area contributed by atoms with Crippen molar-refractivity contribution in [2.75, 3.05) is 5.73 Å². The fraction of sp³-hybridized carbons (Fsp3) is 0.667. The zero-order valence-electron chi connectivity index (χ0n) is 9.90. The lowest BCUT2D eigenvalue weighted by Gasteiger charge is -2.17. The average Bonchev–Trinajstić information content (AvgIpc) is 3.13. The molecule has 2 aliphatic rings. The minimum atomic E-state index is 0.0144. The van der Waals surface area contributed by atoms with E-state index in [1.807, 2.05) is 6.92 Å². The molecule has 1 heterocycles. The first-order chi connectivity index (χ1) is 8.15. The van der Waals surface area contributed by atoms with Gasteiger partial charge in [0.15, 0.2) is 5.13 Å². The summed E-state index contributed by atoms with van der Waals surface area (Å²) in [5.41, 5.74) is 6.37. The van der Waals surface area contributed by atoms with Crippen LogP contribution in [0.15, 0.2) is 0 Å². The minimum Gasteiger partial charge on any atom is -0.375 e. The Morgan fingerprint density at radius 2 is 2.00 bits per heavy atom. The molecule has 17 heavy (non-hydrogen) atoms. The van der Waals surface area contributed by atoms with Crippen LogP contribution in [0.1, 0.15) is 41.0 Å². The lowest BCUT2D eigenvalue weighted by molar-refractivity contribution is 0.0929. The van der Waals surface area contributed by atoms with E-state index in [1.165, 1.54) is 37.0 Å². The maximum atomic E-state index is 12.2. The van der Waals surface area contributed by atoms with E-state index in [2.05, 4.69) is 10.3 Å². The Hall–Kier alpha value is -1.10. The molecule has 92 valence electrons. The lowest BCUT2D eigenvalue weighted by atomic mass is 10.1. The normalized spacial score (nSPS) is 19.6. The molecule has 0 atom stereocenters. The van der Waals surface area contributed by atoms with Crippen molar-refractivity contribution in [1.82, 2.24) is 10.3 Å². The van der Waals surface area contributed by atoms with Crippen molar-refractivity contribution in [3.05, 3.63) is 10.6 Å². The number of nitrogens with one attached hydrogen (secondary N) is 1. The van der Waals surface area contributed by atoms with E-state index in [1.54, 1.807) is 0 Å². The van der Waals surface area contributed by atoms with Crippen LogP contribution in [-0.2, 0) is 0 Å². The number of thiazole rings is 1. The Labute approximate surface area is 105 Å². The van der Waals surface area contributed by atoms with Gasteiger partial charge < -0.3 is 11.1 Å². The molecular weight excluding hydrogens is 234 g/mol. The van der Waals surface area contributed by atoms with Crippen molar-refractivity contribution in [2.24, 2.45) is 11.8 Å². The molecule has 0 radical (unpaired) electrons. The zero-order chi connectivity index (χ0) is 12.0. The molecule has 2 fully saturated rings. The second-order valence-electron chi connectivity index (χ2n) is 5.14. The van der Waals surface area contributed by atoms with Crippen molar-refractivity contribution in [1.29, 1.82) is 0 Å². The van der Waals surface area contributed by atoms with Gasteiger partial charge in [0.2, 0.25) is 0 Å². The van der Waals surface area contributed by atoms with Gasteiger partial charge in [-0.05, 0) is 44.4 Å². The quantitative estimate of drug-likeness (QED) is 0.859. The Morgan fingerprint density at radius 1 is 1.41 bits per heavy atom. The SMILES string of the molecule is Cc1nc(N)sc1C(=O)NC(C1CC1)C1CC1. The molecule has 0 saturated heterocycles. The number of anilines is 1.